The molecule has 1 heterocycles. The second-order valence-corrected chi connectivity index (χ2v) is 8.21. The first-order valence-corrected chi connectivity index (χ1v) is 9.12. The summed E-state index contributed by atoms with van der Waals surface area (Å²) in [5.74, 6) is 0. The van der Waals surface area contributed by atoms with Gasteiger partial charge in [0.1, 0.15) is 0 Å². The quantitative estimate of drug-likeness (QED) is 0.607. The van der Waals surface area contributed by atoms with Gasteiger partial charge < -0.3 is 5.73 Å². The number of nitrogen functional groups attached to an aromatic ring is 1. The molecule has 0 atom stereocenters. The molecule has 1 aliphatic rings. The Morgan fingerprint density at radius 3 is 2.52 bits per heavy atom. The summed E-state index contributed by atoms with van der Waals surface area (Å²) < 4.78 is 27.9. The topological polar surface area (TPSA) is 63.4 Å². The van der Waals surface area contributed by atoms with E-state index in [9.17, 15) is 8.42 Å². The lowest BCUT2D eigenvalue weighted by Gasteiger charge is -2.29. The van der Waals surface area contributed by atoms with Crippen molar-refractivity contribution in [3.05, 3.63) is 57.2 Å². The Hall–Kier alpha value is -1.12. The van der Waals surface area contributed by atoms with E-state index in [4.69, 9.17) is 5.73 Å². The summed E-state index contributed by atoms with van der Waals surface area (Å²) in [5, 5.41) is 0. The minimum atomic E-state index is -3.46. The van der Waals surface area contributed by atoms with Crippen LogP contribution in [-0.4, -0.2) is 19.3 Å². The summed E-state index contributed by atoms with van der Waals surface area (Å²) in [6.45, 7) is 0.834. The maximum absolute atomic E-state index is 12.7. The minimum absolute atomic E-state index is 0.334. The Bertz CT molecular complexity index is 773. The van der Waals surface area contributed by atoms with E-state index in [1.54, 1.807) is 24.3 Å². The molecule has 1 aliphatic heterocycles. The first-order valence-electron chi connectivity index (χ1n) is 6.60. The summed E-state index contributed by atoms with van der Waals surface area (Å²) in [5.41, 5.74) is 8.72. The van der Waals surface area contributed by atoms with Gasteiger partial charge in [-0.1, -0.05) is 12.1 Å². The fourth-order valence-electron chi connectivity index (χ4n) is 2.54. The lowest BCUT2D eigenvalue weighted by Crippen LogP contribution is -2.36. The predicted octanol–water partition coefficient (Wildman–Crippen LogP) is 2.62. The van der Waals surface area contributed by atoms with Crippen LogP contribution in [-0.2, 0) is 23.0 Å². The van der Waals surface area contributed by atoms with Crippen molar-refractivity contribution >= 4 is 38.3 Å². The first-order chi connectivity index (χ1) is 9.98. The predicted molar refractivity (Wildman–Crippen MR) is 91.3 cm³/mol. The summed E-state index contributed by atoms with van der Waals surface area (Å²) in [6, 6.07) is 12.7. The minimum Gasteiger partial charge on any atom is -0.398 e. The van der Waals surface area contributed by atoms with Crippen LogP contribution in [0, 0.1) is 3.57 Å². The molecule has 3 rings (SSSR count). The van der Waals surface area contributed by atoms with Crippen molar-refractivity contribution in [1.29, 1.82) is 0 Å². The number of hydrogen-bond acceptors (Lipinski definition) is 3. The summed E-state index contributed by atoms with van der Waals surface area (Å²) in [4.78, 5) is 0.334. The highest BCUT2D eigenvalue weighted by molar-refractivity contribution is 14.1. The number of fused-ring (bicyclic) bond motifs is 1. The van der Waals surface area contributed by atoms with Crippen LogP contribution in [0.4, 0.5) is 5.69 Å². The second-order valence-electron chi connectivity index (χ2n) is 5.03. The SMILES string of the molecule is Nc1cccc2c1CN(S(=O)(=O)c1ccc(I)cc1)CC2. The summed E-state index contributed by atoms with van der Waals surface area (Å²) in [6.07, 6.45) is 0.698. The van der Waals surface area contributed by atoms with Gasteiger partial charge in [0.2, 0.25) is 10.0 Å². The molecule has 110 valence electrons. The number of nitrogens with two attached hydrogens (primary N) is 1. The first kappa shape index (κ1) is 14.8. The van der Waals surface area contributed by atoms with Gasteiger partial charge in [0.05, 0.1) is 4.90 Å². The number of anilines is 1. The molecule has 0 aliphatic carbocycles. The molecule has 0 saturated carbocycles. The molecule has 0 aromatic heterocycles. The maximum Gasteiger partial charge on any atom is 0.243 e. The van der Waals surface area contributed by atoms with Gasteiger partial charge in [-0.3, -0.25) is 0 Å². The third-order valence-electron chi connectivity index (χ3n) is 3.73. The van der Waals surface area contributed by atoms with E-state index in [1.165, 1.54) is 4.31 Å². The molecule has 0 saturated heterocycles. The number of nitrogens with zero attached hydrogens (tertiary/aromatic N) is 1. The van der Waals surface area contributed by atoms with Gasteiger partial charge in [-0.2, -0.15) is 4.31 Å². The Morgan fingerprint density at radius 2 is 1.81 bits per heavy atom. The highest BCUT2D eigenvalue weighted by Gasteiger charge is 2.28. The van der Waals surface area contributed by atoms with Gasteiger partial charge in [0.25, 0.3) is 0 Å². The Balaban J connectivity index is 1.95. The van der Waals surface area contributed by atoms with Crippen molar-refractivity contribution in [2.24, 2.45) is 0 Å². The highest BCUT2D eigenvalue weighted by Crippen LogP contribution is 2.28. The van der Waals surface area contributed by atoms with Crippen molar-refractivity contribution in [3.63, 3.8) is 0 Å². The molecule has 21 heavy (non-hydrogen) atoms. The number of halogens is 1. The molecule has 2 aromatic rings. The highest BCUT2D eigenvalue weighted by atomic mass is 127. The largest absolute Gasteiger partial charge is 0.398 e. The van der Waals surface area contributed by atoms with Crippen LogP contribution in [0.25, 0.3) is 0 Å². The van der Waals surface area contributed by atoms with Crippen LogP contribution in [0.2, 0.25) is 0 Å². The van der Waals surface area contributed by atoms with Gasteiger partial charge in [-0.25, -0.2) is 8.42 Å². The van der Waals surface area contributed by atoms with Crippen LogP contribution in [0.3, 0.4) is 0 Å². The van der Waals surface area contributed by atoms with Gasteiger partial charge in [0.15, 0.2) is 0 Å². The fraction of sp³-hybridized carbons (Fsp3) is 0.200. The van der Waals surface area contributed by atoms with Crippen LogP contribution in [0.5, 0.6) is 0 Å². The molecule has 0 amide bonds. The second kappa shape index (κ2) is 5.58. The number of hydrogen-bond donors (Lipinski definition) is 1. The van der Waals surface area contributed by atoms with E-state index in [-0.39, 0.29) is 0 Å². The lowest BCUT2D eigenvalue weighted by molar-refractivity contribution is 0.392. The molecule has 0 fully saturated rings. The monoisotopic (exact) mass is 414 g/mol. The van der Waals surface area contributed by atoms with Crippen LogP contribution >= 0.6 is 22.6 Å². The molecular weight excluding hydrogens is 399 g/mol. The van der Waals surface area contributed by atoms with Gasteiger partial charge in [-0.15, -0.1) is 0 Å². The van der Waals surface area contributed by atoms with Crippen LogP contribution in [0.15, 0.2) is 47.4 Å². The average Bonchev–Trinajstić information content (AvgIpc) is 2.48. The molecule has 0 spiro atoms. The normalized spacial score (nSPS) is 15.7. The lowest BCUT2D eigenvalue weighted by atomic mass is 10.00. The fourth-order valence-corrected chi connectivity index (χ4v) is 4.31. The van der Waals surface area contributed by atoms with E-state index >= 15 is 0 Å². The average molecular weight is 414 g/mol. The zero-order chi connectivity index (χ0) is 15.0. The van der Waals surface area contributed by atoms with Crippen molar-refractivity contribution in [2.45, 2.75) is 17.9 Å². The standard InChI is InChI=1S/C15H15IN2O2S/c16-12-4-6-13(7-5-12)21(19,20)18-9-8-11-2-1-3-15(17)14(11)10-18/h1-7H,8-10,17H2. The number of sulfonamides is 1. The zero-order valence-electron chi connectivity index (χ0n) is 11.3. The summed E-state index contributed by atoms with van der Waals surface area (Å²) >= 11 is 2.16. The summed E-state index contributed by atoms with van der Waals surface area (Å²) in [7, 11) is -3.46. The molecule has 0 unspecified atom stereocenters. The van der Waals surface area contributed by atoms with Gasteiger partial charge in [0, 0.05) is 22.3 Å². The molecule has 0 radical (unpaired) electrons. The Morgan fingerprint density at radius 1 is 1.10 bits per heavy atom. The van der Waals surface area contributed by atoms with Gasteiger partial charge in [-0.05, 0) is 70.5 Å². The zero-order valence-corrected chi connectivity index (χ0v) is 14.3. The maximum atomic E-state index is 12.7. The molecule has 0 bridgehead atoms. The molecule has 2 N–H and O–H groups in total. The third-order valence-corrected chi connectivity index (χ3v) is 6.30. The van der Waals surface area contributed by atoms with Crippen molar-refractivity contribution in [2.75, 3.05) is 12.3 Å². The van der Waals surface area contributed by atoms with Crippen molar-refractivity contribution < 1.29 is 8.42 Å². The Kier molecular flexibility index (Phi) is 3.94. The van der Waals surface area contributed by atoms with E-state index < -0.39 is 10.0 Å². The molecular formula is C15H15IN2O2S. The van der Waals surface area contributed by atoms with Crippen LogP contribution in [0.1, 0.15) is 11.1 Å². The van der Waals surface area contributed by atoms with E-state index in [2.05, 4.69) is 22.6 Å². The van der Waals surface area contributed by atoms with E-state index in [1.807, 2.05) is 18.2 Å². The van der Waals surface area contributed by atoms with Gasteiger partial charge >= 0.3 is 0 Å². The van der Waals surface area contributed by atoms with E-state index in [0.29, 0.717) is 30.1 Å². The van der Waals surface area contributed by atoms with Crippen molar-refractivity contribution in [1.82, 2.24) is 4.31 Å². The smallest absolute Gasteiger partial charge is 0.243 e. The Labute approximate surface area is 138 Å². The number of rotatable bonds is 2. The molecule has 6 heteroatoms. The molecule has 4 nitrogen and oxygen atoms in total. The molecule has 2 aromatic carbocycles. The number of benzene rings is 2. The third kappa shape index (κ3) is 2.79. The van der Waals surface area contributed by atoms with Crippen LogP contribution < -0.4 is 5.73 Å². The van der Waals surface area contributed by atoms with Crippen molar-refractivity contribution in [3.8, 4) is 0 Å². The van der Waals surface area contributed by atoms with E-state index in [0.717, 1.165) is 14.7 Å².